The Morgan fingerprint density at radius 1 is 0.975 bits per heavy atom. The molecule has 2 atom stereocenters. The van der Waals surface area contributed by atoms with Crippen LogP contribution < -0.4 is 10.6 Å². The number of carbonyl (C=O) groups excluding carboxylic acids is 3. The molecule has 0 aliphatic rings. The van der Waals surface area contributed by atoms with Gasteiger partial charge in [-0.3, -0.25) is 9.59 Å². The van der Waals surface area contributed by atoms with Crippen LogP contribution in [-0.2, 0) is 20.7 Å². The maximum Gasteiger partial charge on any atom is 0.408 e. The first-order valence-corrected chi connectivity index (χ1v) is 12.8. The van der Waals surface area contributed by atoms with E-state index < -0.39 is 42.1 Å². The molecular formula is C31H34N4O5. The van der Waals surface area contributed by atoms with Crippen molar-refractivity contribution < 1.29 is 24.2 Å². The Hall–Kier alpha value is -4.84. The summed E-state index contributed by atoms with van der Waals surface area (Å²) >= 11 is 0. The van der Waals surface area contributed by atoms with E-state index in [9.17, 15) is 24.8 Å². The number of phenols is 1. The number of nitrogens with one attached hydrogen (secondary N) is 2. The molecule has 9 nitrogen and oxygen atoms in total. The Kier molecular flexibility index (Phi) is 9.87. The summed E-state index contributed by atoms with van der Waals surface area (Å²) in [6.45, 7) is 6.52. The predicted molar refractivity (Wildman–Crippen MR) is 151 cm³/mol. The Morgan fingerprint density at radius 2 is 1.60 bits per heavy atom. The molecular weight excluding hydrogens is 508 g/mol. The van der Waals surface area contributed by atoms with E-state index in [2.05, 4.69) is 10.6 Å². The van der Waals surface area contributed by atoms with E-state index in [0.717, 1.165) is 16.0 Å². The monoisotopic (exact) mass is 542 g/mol. The molecule has 2 unspecified atom stereocenters. The van der Waals surface area contributed by atoms with Gasteiger partial charge in [-0.15, -0.1) is 0 Å². The minimum Gasteiger partial charge on any atom is -0.508 e. The summed E-state index contributed by atoms with van der Waals surface area (Å²) in [5, 5.41) is 25.1. The SMILES string of the molecule is Cc1ccccc1NC(=O)C(c1ccc(O)cc1)N(CC#N)C(=O)C(Cc1ccccc1)NC(=O)OC(C)(C)C. The van der Waals surface area contributed by atoms with Crippen molar-refractivity contribution in [3.05, 3.63) is 95.6 Å². The van der Waals surface area contributed by atoms with Gasteiger partial charge in [-0.1, -0.05) is 60.7 Å². The van der Waals surface area contributed by atoms with E-state index in [1.807, 2.05) is 55.5 Å². The standard InChI is InChI=1S/C31H34N4O5/c1-21-10-8-9-13-25(21)33-28(37)27(23-14-16-24(36)17-15-23)35(19-18-32)29(38)26(20-22-11-6-5-7-12-22)34-30(39)40-31(2,3)4/h5-17,26-27,36H,19-20H2,1-4H3,(H,33,37)(H,34,39). The average molecular weight is 543 g/mol. The molecule has 40 heavy (non-hydrogen) atoms. The Morgan fingerprint density at radius 3 is 2.20 bits per heavy atom. The number of hydrogen-bond acceptors (Lipinski definition) is 6. The number of nitriles is 1. The van der Waals surface area contributed by atoms with Crippen molar-refractivity contribution in [3.8, 4) is 11.8 Å². The van der Waals surface area contributed by atoms with Crippen molar-refractivity contribution in [2.45, 2.75) is 51.8 Å². The lowest BCUT2D eigenvalue weighted by atomic mass is 10.00. The number of phenolic OH excluding ortho intramolecular Hbond substituents is 1. The Bertz CT molecular complexity index is 1360. The van der Waals surface area contributed by atoms with Crippen molar-refractivity contribution in [2.24, 2.45) is 0 Å². The second-order valence-electron chi connectivity index (χ2n) is 10.3. The molecule has 0 heterocycles. The van der Waals surface area contributed by atoms with Crippen molar-refractivity contribution in [2.75, 3.05) is 11.9 Å². The third-order valence-corrected chi connectivity index (χ3v) is 5.97. The zero-order valence-corrected chi connectivity index (χ0v) is 23.0. The minimum absolute atomic E-state index is 0.0199. The number of carbonyl (C=O) groups is 3. The average Bonchev–Trinajstić information content (AvgIpc) is 2.89. The summed E-state index contributed by atoms with van der Waals surface area (Å²) in [4.78, 5) is 41.8. The molecule has 9 heteroatoms. The Balaban J connectivity index is 2.03. The van der Waals surface area contributed by atoms with Gasteiger partial charge in [0.15, 0.2) is 0 Å². The highest BCUT2D eigenvalue weighted by Gasteiger charge is 2.36. The molecule has 3 aromatic rings. The summed E-state index contributed by atoms with van der Waals surface area (Å²) in [6, 6.07) is 21.7. The van der Waals surface area contributed by atoms with Crippen molar-refractivity contribution in [1.29, 1.82) is 5.26 Å². The van der Waals surface area contributed by atoms with Crippen molar-refractivity contribution >= 4 is 23.6 Å². The number of amides is 3. The molecule has 0 fully saturated rings. The van der Waals surface area contributed by atoms with Crippen LogP contribution >= 0.6 is 0 Å². The quantitative estimate of drug-likeness (QED) is 0.331. The molecule has 0 aromatic heterocycles. The first-order chi connectivity index (χ1) is 19.0. The van der Waals surface area contributed by atoms with Crippen LogP contribution in [0.15, 0.2) is 78.9 Å². The van der Waals surface area contributed by atoms with Crippen LogP contribution in [0, 0.1) is 18.3 Å². The smallest absolute Gasteiger partial charge is 0.408 e. The van der Waals surface area contributed by atoms with Gasteiger partial charge >= 0.3 is 6.09 Å². The van der Waals surface area contributed by atoms with E-state index in [0.29, 0.717) is 11.3 Å². The van der Waals surface area contributed by atoms with Crippen molar-refractivity contribution in [3.63, 3.8) is 0 Å². The first kappa shape index (κ1) is 29.7. The van der Waals surface area contributed by atoms with Gasteiger partial charge in [-0.2, -0.15) is 5.26 Å². The van der Waals surface area contributed by atoms with E-state index in [-0.39, 0.29) is 12.2 Å². The van der Waals surface area contributed by atoms with Crippen LogP contribution in [0.3, 0.4) is 0 Å². The molecule has 0 spiro atoms. The highest BCUT2D eigenvalue weighted by molar-refractivity contribution is 5.99. The van der Waals surface area contributed by atoms with Gasteiger partial charge in [-0.05, 0) is 62.6 Å². The molecule has 0 radical (unpaired) electrons. The van der Waals surface area contributed by atoms with Crippen LogP contribution in [0.1, 0.15) is 43.5 Å². The summed E-state index contributed by atoms with van der Waals surface area (Å²) in [6.07, 6.45) is -0.702. The molecule has 208 valence electrons. The molecule has 0 saturated carbocycles. The molecule has 3 N–H and O–H groups in total. The van der Waals surface area contributed by atoms with Crippen LogP contribution in [0.5, 0.6) is 5.75 Å². The van der Waals surface area contributed by atoms with E-state index in [4.69, 9.17) is 4.74 Å². The fourth-order valence-corrected chi connectivity index (χ4v) is 4.12. The second kappa shape index (κ2) is 13.3. The van der Waals surface area contributed by atoms with Gasteiger partial charge in [0.25, 0.3) is 5.91 Å². The van der Waals surface area contributed by atoms with Gasteiger partial charge < -0.3 is 25.4 Å². The molecule has 0 aliphatic heterocycles. The number of para-hydroxylation sites is 1. The van der Waals surface area contributed by atoms with E-state index in [1.165, 1.54) is 24.3 Å². The number of benzene rings is 3. The molecule has 3 amide bonds. The van der Waals surface area contributed by atoms with Gasteiger partial charge in [0.1, 0.15) is 30.0 Å². The number of nitrogens with zero attached hydrogens (tertiary/aromatic N) is 2. The lowest BCUT2D eigenvalue weighted by Crippen LogP contribution is -2.53. The number of hydrogen-bond donors (Lipinski definition) is 3. The van der Waals surface area contributed by atoms with Crippen LogP contribution in [0.4, 0.5) is 10.5 Å². The largest absolute Gasteiger partial charge is 0.508 e. The third kappa shape index (κ3) is 8.33. The maximum absolute atomic E-state index is 14.1. The Labute approximate surface area is 234 Å². The van der Waals surface area contributed by atoms with Crippen LogP contribution in [0.25, 0.3) is 0 Å². The number of ether oxygens (including phenoxy) is 1. The molecule has 0 bridgehead atoms. The number of aromatic hydroxyl groups is 1. The minimum atomic E-state index is -1.24. The highest BCUT2D eigenvalue weighted by atomic mass is 16.6. The summed E-state index contributed by atoms with van der Waals surface area (Å²) in [7, 11) is 0. The van der Waals surface area contributed by atoms with E-state index >= 15 is 0 Å². The molecule has 0 aliphatic carbocycles. The fourth-order valence-electron chi connectivity index (χ4n) is 4.12. The normalized spacial score (nSPS) is 12.4. The number of aryl methyl sites for hydroxylation is 1. The number of alkyl carbamates (subject to hydrolysis) is 1. The van der Waals surface area contributed by atoms with Gasteiger partial charge in [0.05, 0.1) is 6.07 Å². The first-order valence-electron chi connectivity index (χ1n) is 12.8. The van der Waals surface area contributed by atoms with E-state index in [1.54, 1.807) is 32.9 Å². The summed E-state index contributed by atoms with van der Waals surface area (Å²) in [5.41, 5.74) is 1.70. The number of rotatable bonds is 9. The van der Waals surface area contributed by atoms with Crippen LogP contribution in [-0.4, -0.2) is 46.1 Å². The van der Waals surface area contributed by atoms with Crippen LogP contribution in [0.2, 0.25) is 0 Å². The number of anilines is 1. The van der Waals surface area contributed by atoms with Gasteiger partial charge in [-0.25, -0.2) is 4.79 Å². The topological polar surface area (TPSA) is 132 Å². The lowest BCUT2D eigenvalue weighted by molar-refractivity contribution is -0.140. The maximum atomic E-state index is 14.1. The third-order valence-electron chi connectivity index (χ3n) is 5.97. The zero-order valence-electron chi connectivity index (χ0n) is 23.0. The molecule has 0 saturated heterocycles. The van der Waals surface area contributed by atoms with Gasteiger partial charge in [0, 0.05) is 12.1 Å². The highest BCUT2D eigenvalue weighted by Crippen LogP contribution is 2.27. The predicted octanol–water partition coefficient (Wildman–Crippen LogP) is 4.87. The second-order valence-corrected chi connectivity index (χ2v) is 10.3. The fraction of sp³-hybridized carbons (Fsp3) is 0.290. The molecule has 3 aromatic carbocycles. The lowest BCUT2D eigenvalue weighted by Gasteiger charge is -2.33. The zero-order chi connectivity index (χ0) is 29.3. The molecule has 3 rings (SSSR count). The summed E-state index contributed by atoms with van der Waals surface area (Å²) in [5.74, 6) is -1.22. The summed E-state index contributed by atoms with van der Waals surface area (Å²) < 4.78 is 5.40. The van der Waals surface area contributed by atoms with Crippen molar-refractivity contribution in [1.82, 2.24) is 10.2 Å². The van der Waals surface area contributed by atoms with Gasteiger partial charge in [0.2, 0.25) is 5.91 Å².